The van der Waals surface area contributed by atoms with E-state index in [9.17, 15) is 0 Å². The average Bonchev–Trinajstić information content (AvgIpc) is 3.05. The van der Waals surface area contributed by atoms with Gasteiger partial charge in [0, 0.05) is 5.56 Å². The first-order valence-electron chi connectivity index (χ1n) is 8.41. The van der Waals surface area contributed by atoms with E-state index in [-0.39, 0.29) is 0 Å². The zero-order chi connectivity index (χ0) is 19.2. The highest BCUT2D eigenvalue weighted by Crippen LogP contribution is 2.28. The van der Waals surface area contributed by atoms with E-state index >= 15 is 0 Å². The van der Waals surface area contributed by atoms with Crippen molar-refractivity contribution in [3.8, 4) is 22.9 Å². The highest BCUT2D eigenvalue weighted by molar-refractivity contribution is 7.71. The van der Waals surface area contributed by atoms with Crippen molar-refractivity contribution in [2.24, 2.45) is 5.10 Å². The van der Waals surface area contributed by atoms with Crippen molar-refractivity contribution in [3.05, 3.63) is 57.8 Å². The Labute approximate surface area is 167 Å². The molecule has 0 spiro atoms. The van der Waals surface area contributed by atoms with Gasteiger partial charge in [0.1, 0.15) is 0 Å². The molecule has 0 saturated carbocycles. The number of aromatic amines is 1. The highest BCUT2D eigenvalue weighted by Gasteiger charge is 2.11. The number of methoxy groups -OCH3 is 1. The summed E-state index contributed by atoms with van der Waals surface area (Å²) in [6.07, 6.45) is 2.60. The Balaban J connectivity index is 1.92. The largest absolute Gasteiger partial charge is 0.493 e. The Morgan fingerprint density at radius 1 is 1.26 bits per heavy atom. The van der Waals surface area contributed by atoms with Crippen LogP contribution >= 0.6 is 23.8 Å². The number of nitrogens with one attached hydrogen (secondary N) is 1. The maximum atomic E-state index is 6.27. The summed E-state index contributed by atoms with van der Waals surface area (Å²) in [5, 5.41) is 12.0. The third kappa shape index (κ3) is 4.37. The normalized spacial score (nSPS) is 11.1. The molecule has 140 valence electrons. The van der Waals surface area contributed by atoms with Gasteiger partial charge in [0.15, 0.2) is 17.3 Å². The lowest BCUT2D eigenvalue weighted by Gasteiger charge is -2.10. The molecule has 3 aromatic rings. The van der Waals surface area contributed by atoms with E-state index in [4.69, 9.17) is 33.3 Å². The van der Waals surface area contributed by atoms with Crippen LogP contribution in [0.15, 0.2) is 47.6 Å². The van der Waals surface area contributed by atoms with Crippen LogP contribution in [0.5, 0.6) is 11.5 Å². The topological polar surface area (TPSA) is 64.4 Å². The van der Waals surface area contributed by atoms with Gasteiger partial charge in [-0.15, -0.1) is 0 Å². The smallest absolute Gasteiger partial charge is 0.216 e. The molecule has 1 aromatic heterocycles. The van der Waals surface area contributed by atoms with Gasteiger partial charge in [-0.25, -0.2) is 5.10 Å². The Bertz CT molecular complexity index is 1010. The summed E-state index contributed by atoms with van der Waals surface area (Å²) in [4.78, 5) is 0. The SMILES string of the molecule is CCCOc1ccc(/C=N\n2c(-c3ccccc3Cl)n[nH]c2=S)cc1OC. The Morgan fingerprint density at radius 2 is 2.07 bits per heavy atom. The summed E-state index contributed by atoms with van der Waals surface area (Å²) >= 11 is 11.6. The monoisotopic (exact) mass is 402 g/mol. The molecule has 6 nitrogen and oxygen atoms in total. The second-order valence-corrected chi connectivity index (χ2v) is 6.44. The van der Waals surface area contributed by atoms with Crippen LogP contribution in [0.3, 0.4) is 0 Å². The molecular weight excluding hydrogens is 384 g/mol. The standard InChI is InChI=1S/C19H19ClN4O2S/c1-3-10-26-16-9-8-13(11-17(16)25-2)12-21-24-18(22-23-19(24)27)14-6-4-5-7-15(14)20/h4-9,11-12H,3,10H2,1-2H3,(H,23,27)/b21-12-. The molecule has 0 fully saturated rings. The van der Waals surface area contributed by atoms with Gasteiger partial charge >= 0.3 is 0 Å². The highest BCUT2D eigenvalue weighted by atomic mass is 35.5. The molecule has 1 N–H and O–H groups in total. The molecule has 0 aliphatic rings. The van der Waals surface area contributed by atoms with E-state index < -0.39 is 0 Å². The molecule has 0 atom stereocenters. The molecule has 0 aliphatic heterocycles. The first-order chi connectivity index (χ1) is 13.1. The van der Waals surface area contributed by atoms with Crippen LogP contribution in [0, 0.1) is 4.77 Å². The minimum atomic E-state index is 0.371. The van der Waals surface area contributed by atoms with Crippen molar-refractivity contribution in [1.82, 2.24) is 14.9 Å². The molecule has 0 radical (unpaired) electrons. The molecule has 0 aliphatic carbocycles. The van der Waals surface area contributed by atoms with Crippen LogP contribution in [0.4, 0.5) is 0 Å². The van der Waals surface area contributed by atoms with E-state index in [2.05, 4.69) is 22.2 Å². The Morgan fingerprint density at radius 3 is 2.81 bits per heavy atom. The van der Waals surface area contributed by atoms with E-state index in [1.165, 1.54) is 4.68 Å². The second kappa shape index (κ2) is 8.83. The van der Waals surface area contributed by atoms with Crippen molar-refractivity contribution >= 4 is 30.0 Å². The van der Waals surface area contributed by atoms with E-state index in [1.54, 1.807) is 19.4 Å². The third-order valence-corrected chi connectivity index (χ3v) is 4.33. The zero-order valence-corrected chi connectivity index (χ0v) is 16.5. The van der Waals surface area contributed by atoms with Crippen LogP contribution in [-0.4, -0.2) is 34.8 Å². The quantitative estimate of drug-likeness (QED) is 0.449. The zero-order valence-electron chi connectivity index (χ0n) is 15.0. The van der Waals surface area contributed by atoms with E-state index in [0.29, 0.717) is 33.7 Å². The minimum Gasteiger partial charge on any atom is -0.493 e. The molecule has 3 rings (SSSR count). The fourth-order valence-electron chi connectivity index (χ4n) is 2.44. The number of H-pyrrole nitrogens is 1. The fraction of sp³-hybridized carbons (Fsp3) is 0.211. The van der Waals surface area contributed by atoms with Crippen molar-refractivity contribution in [2.45, 2.75) is 13.3 Å². The number of nitrogens with zero attached hydrogens (tertiary/aromatic N) is 3. The van der Waals surface area contributed by atoms with Gasteiger partial charge in [-0.05, 0) is 54.5 Å². The maximum Gasteiger partial charge on any atom is 0.216 e. The lowest BCUT2D eigenvalue weighted by molar-refractivity contribution is 0.294. The molecular formula is C19H19ClN4O2S. The molecule has 0 bridgehead atoms. The summed E-state index contributed by atoms with van der Waals surface area (Å²) in [6.45, 7) is 2.69. The summed E-state index contributed by atoms with van der Waals surface area (Å²) in [5.74, 6) is 1.89. The number of halogens is 1. The van der Waals surface area contributed by atoms with Crippen molar-refractivity contribution in [3.63, 3.8) is 0 Å². The summed E-state index contributed by atoms with van der Waals surface area (Å²) < 4.78 is 13.0. The predicted molar refractivity (Wildman–Crippen MR) is 110 cm³/mol. The van der Waals surface area contributed by atoms with Crippen LogP contribution in [0.1, 0.15) is 18.9 Å². The number of hydrogen-bond donors (Lipinski definition) is 1. The minimum absolute atomic E-state index is 0.371. The number of hydrogen-bond acceptors (Lipinski definition) is 5. The molecule has 1 heterocycles. The summed E-state index contributed by atoms with van der Waals surface area (Å²) in [5.41, 5.74) is 1.58. The Hall–Kier alpha value is -2.64. The number of ether oxygens (including phenoxy) is 2. The lowest BCUT2D eigenvalue weighted by atomic mass is 10.2. The van der Waals surface area contributed by atoms with Crippen molar-refractivity contribution in [1.29, 1.82) is 0 Å². The number of rotatable bonds is 7. The molecule has 27 heavy (non-hydrogen) atoms. The van der Waals surface area contributed by atoms with Crippen LogP contribution in [-0.2, 0) is 0 Å². The van der Waals surface area contributed by atoms with Crippen molar-refractivity contribution in [2.75, 3.05) is 13.7 Å². The lowest BCUT2D eigenvalue weighted by Crippen LogP contribution is -1.99. The van der Waals surface area contributed by atoms with Gasteiger partial charge in [0.2, 0.25) is 4.77 Å². The average molecular weight is 403 g/mol. The fourth-order valence-corrected chi connectivity index (χ4v) is 2.84. The van der Waals surface area contributed by atoms with Gasteiger partial charge in [-0.3, -0.25) is 0 Å². The Kier molecular flexibility index (Phi) is 6.26. The van der Waals surface area contributed by atoms with Gasteiger partial charge in [-0.1, -0.05) is 30.7 Å². The van der Waals surface area contributed by atoms with Gasteiger partial charge in [-0.2, -0.15) is 14.9 Å². The number of benzene rings is 2. The van der Waals surface area contributed by atoms with E-state index in [0.717, 1.165) is 17.5 Å². The van der Waals surface area contributed by atoms with Crippen LogP contribution in [0.25, 0.3) is 11.4 Å². The number of aromatic nitrogens is 3. The first-order valence-corrected chi connectivity index (χ1v) is 9.20. The maximum absolute atomic E-state index is 6.27. The van der Waals surface area contributed by atoms with Crippen LogP contribution in [0.2, 0.25) is 5.02 Å². The first kappa shape index (κ1) is 19.1. The van der Waals surface area contributed by atoms with Gasteiger partial charge in [0.25, 0.3) is 0 Å². The molecule has 0 unspecified atom stereocenters. The predicted octanol–water partition coefficient (Wildman–Crippen LogP) is 4.94. The molecule has 0 amide bonds. The van der Waals surface area contributed by atoms with E-state index in [1.807, 2.05) is 36.4 Å². The molecule has 2 aromatic carbocycles. The third-order valence-electron chi connectivity index (χ3n) is 3.74. The van der Waals surface area contributed by atoms with Crippen LogP contribution < -0.4 is 9.47 Å². The summed E-state index contributed by atoms with van der Waals surface area (Å²) in [7, 11) is 1.61. The van der Waals surface area contributed by atoms with Crippen molar-refractivity contribution < 1.29 is 9.47 Å². The van der Waals surface area contributed by atoms with Gasteiger partial charge in [0.05, 0.1) is 25.0 Å². The summed E-state index contributed by atoms with van der Waals surface area (Å²) in [6, 6.07) is 13.0. The second-order valence-electron chi connectivity index (χ2n) is 5.65. The molecule has 8 heteroatoms. The molecule has 0 saturated heterocycles. The van der Waals surface area contributed by atoms with Gasteiger partial charge < -0.3 is 9.47 Å².